The highest BCUT2D eigenvalue weighted by Crippen LogP contribution is 2.32. The smallest absolute Gasteiger partial charge is 0.317 e. The van der Waals surface area contributed by atoms with Gasteiger partial charge in [-0.05, 0) is 47.9 Å². The third-order valence-corrected chi connectivity index (χ3v) is 6.51. The van der Waals surface area contributed by atoms with E-state index in [-0.39, 0.29) is 11.9 Å². The van der Waals surface area contributed by atoms with Crippen molar-refractivity contribution in [3.63, 3.8) is 0 Å². The van der Waals surface area contributed by atoms with Gasteiger partial charge < -0.3 is 25.9 Å². The molecule has 2 aliphatic rings. The van der Waals surface area contributed by atoms with Crippen LogP contribution in [-0.4, -0.2) is 49.5 Å². The number of nitrogens with zero attached hydrogens (tertiary/aromatic N) is 2. The fraction of sp³-hybridized carbons (Fsp3) is 0.400. The predicted octanol–water partition coefficient (Wildman–Crippen LogP) is 4.05. The molecule has 4 rings (SSSR count). The number of hydrogen-bond acceptors (Lipinski definition) is 4. The lowest BCUT2D eigenvalue weighted by Gasteiger charge is -2.34. The van der Waals surface area contributed by atoms with Crippen LogP contribution in [0.5, 0.6) is 0 Å². The minimum atomic E-state index is -0.225. The van der Waals surface area contributed by atoms with Gasteiger partial charge in [0.05, 0.1) is 5.92 Å². The van der Waals surface area contributed by atoms with Crippen LogP contribution in [0, 0.1) is 16.7 Å². The van der Waals surface area contributed by atoms with Crippen LogP contribution >= 0.6 is 0 Å². The van der Waals surface area contributed by atoms with E-state index in [4.69, 9.17) is 10.8 Å². The maximum Gasteiger partial charge on any atom is 0.317 e. The van der Waals surface area contributed by atoms with Crippen LogP contribution in [0.3, 0.4) is 0 Å². The third-order valence-electron chi connectivity index (χ3n) is 6.51. The first-order valence-corrected chi connectivity index (χ1v) is 11.1. The van der Waals surface area contributed by atoms with Crippen LogP contribution in [0.4, 0.5) is 10.5 Å². The number of hydrogen-bond donors (Lipinski definition) is 3. The van der Waals surface area contributed by atoms with Gasteiger partial charge >= 0.3 is 6.03 Å². The molecule has 1 saturated heterocycles. The van der Waals surface area contributed by atoms with Crippen molar-refractivity contribution in [1.29, 1.82) is 10.8 Å². The highest BCUT2D eigenvalue weighted by atomic mass is 16.2. The number of carbonyl (C=O) groups is 1. The molecule has 2 aromatic carbocycles. The monoisotopic (exact) mass is 417 g/mol. The first-order chi connectivity index (χ1) is 15.2. The van der Waals surface area contributed by atoms with Gasteiger partial charge in [0, 0.05) is 50.8 Å². The van der Waals surface area contributed by atoms with Crippen molar-refractivity contribution in [3.05, 3.63) is 65.2 Å². The van der Waals surface area contributed by atoms with Crippen LogP contribution in [0.1, 0.15) is 35.4 Å². The number of benzene rings is 2. The molecule has 0 bridgehead atoms. The molecule has 0 radical (unpaired) electrons. The van der Waals surface area contributed by atoms with Crippen molar-refractivity contribution in [2.45, 2.75) is 31.7 Å². The minimum absolute atomic E-state index is 0.0355. The number of likely N-dealkylation sites (tertiary alicyclic amines) is 1. The second-order valence-electron chi connectivity index (χ2n) is 8.52. The Morgan fingerprint density at radius 2 is 1.81 bits per heavy atom. The number of fused-ring (bicyclic) bond motifs is 1. The zero-order chi connectivity index (χ0) is 21.6. The van der Waals surface area contributed by atoms with Gasteiger partial charge in [-0.2, -0.15) is 0 Å². The van der Waals surface area contributed by atoms with E-state index in [1.165, 1.54) is 23.7 Å². The Morgan fingerprint density at radius 1 is 1.06 bits per heavy atom. The lowest BCUT2D eigenvalue weighted by molar-refractivity contribution is 0.171. The SMILES string of the molecule is N=CC(C=N)c1ccc2c(c1)CCN2CC1CCN(C(=O)NCc2ccccc2)CC1. The van der Waals surface area contributed by atoms with E-state index in [1.807, 2.05) is 35.2 Å². The molecule has 2 heterocycles. The van der Waals surface area contributed by atoms with Gasteiger partial charge in [-0.1, -0.05) is 42.5 Å². The molecule has 162 valence electrons. The van der Waals surface area contributed by atoms with Gasteiger partial charge in [0.2, 0.25) is 0 Å². The summed E-state index contributed by atoms with van der Waals surface area (Å²) in [6.45, 7) is 4.25. The first kappa shape index (κ1) is 21.1. The molecule has 2 amide bonds. The summed E-state index contributed by atoms with van der Waals surface area (Å²) in [5.74, 6) is 0.372. The average Bonchev–Trinajstić information content (AvgIpc) is 3.21. The van der Waals surface area contributed by atoms with Crippen LogP contribution in [0.2, 0.25) is 0 Å². The summed E-state index contributed by atoms with van der Waals surface area (Å²) in [7, 11) is 0. The predicted molar refractivity (Wildman–Crippen MR) is 126 cm³/mol. The topological polar surface area (TPSA) is 83.3 Å². The molecule has 1 fully saturated rings. The molecule has 0 spiro atoms. The Hall–Kier alpha value is -3.15. The average molecular weight is 418 g/mol. The van der Waals surface area contributed by atoms with Crippen molar-refractivity contribution in [2.24, 2.45) is 5.92 Å². The highest BCUT2D eigenvalue weighted by Gasteiger charge is 2.27. The summed E-state index contributed by atoms with van der Waals surface area (Å²) in [4.78, 5) is 16.9. The molecule has 3 N–H and O–H groups in total. The molecule has 6 heteroatoms. The summed E-state index contributed by atoms with van der Waals surface area (Å²) < 4.78 is 0. The lowest BCUT2D eigenvalue weighted by Crippen LogP contribution is -2.45. The molecule has 2 aromatic rings. The van der Waals surface area contributed by atoms with Gasteiger partial charge in [-0.15, -0.1) is 0 Å². The molecule has 0 atom stereocenters. The quantitative estimate of drug-likeness (QED) is 0.594. The zero-order valence-corrected chi connectivity index (χ0v) is 17.9. The fourth-order valence-corrected chi connectivity index (χ4v) is 4.64. The van der Waals surface area contributed by atoms with Crippen LogP contribution in [0.25, 0.3) is 0 Å². The Labute approximate surface area is 184 Å². The van der Waals surface area contributed by atoms with Crippen LogP contribution in [-0.2, 0) is 13.0 Å². The molecule has 0 aliphatic carbocycles. The Bertz CT molecular complexity index is 913. The van der Waals surface area contributed by atoms with Crippen molar-refractivity contribution in [3.8, 4) is 0 Å². The summed E-state index contributed by atoms with van der Waals surface area (Å²) >= 11 is 0. The number of carbonyl (C=O) groups excluding carboxylic acids is 1. The van der Waals surface area contributed by atoms with Crippen molar-refractivity contribution < 1.29 is 4.79 Å². The number of piperidine rings is 1. The van der Waals surface area contributed by atoms with Crippen LogP contribution in [0.15, 0.2) is 48.5 Å². The third kappa shape index (κ3) is 4.95. The first-order valence-electron chi connectivity index (χ1n) is 11.1. The Kier molecular flexibility index (Phi) is 6.65. The van der Waals surface area contributed by atoms with E-state index in [0.29, 0.717) is 12.5 Å². The number of nitrogens with one attached hydrogen (secondary N) is 3. The summed E-state index contributed by atoms with van der Waals surface area (Å²) in [5.41, 5.74) is 4.76. The largest absolute Gasteiger partial charge is 0.371 e. The zero-order valence-electron chi connectivity index (χ0n) is 17.9. The summed E-state index contributed by atoms with van der Waals surface area (Å²) in [6, 6.07) is 16.4. The number of anilines is 1. The normalized spacial score (nSPS) is 17.2. The maximum absolute atomic E-state index is 12.5. The molecule has 0 unspecified atom stereocenters. The second kappa shape index (κ2) is 9.77. The van der Waals surface area contributed by atoms with Gasteiger partial charge in [0.25, 0.3) is 0 Å². The van der Waals surface area contributed by atoms with Crippen molar-refractivity contribution in [2.75, 3.05) is 31.1 Å². The Morgan fingerprint density at radius 3 is 2.52 bits per heavy atom. The summed E-state index contributed by atoms with van der Waals surface area (Å²) in [5, 5.41) is 18.0. The summed E-state index contributed by atoms with van der Waals surface area (Å²) in [6.07, 6.45) is 5.74. The molecule has 0 aromatic heterocycles. The molecule has 6 nitrogen and oxygen atoms in total. The minimum Gasteiger partial charge on any atom is -0.371 e. The van der Waals surface area contributed by atoms with Crippen molar-refractivity contribution >= 4 is 24.1 Å². The molecule has 0 saturated carbocycles. The number of amides is 2. The van der Waals surface area contributed by atoms with E-state index in [0.717, 1.165) is 56.6 Å². The van der Waals surface area contributed by atoms with Gasteiger partial charge in [0.1, 0.15) is 0 Å². The second-order valence-corrected chi connectivity index (χ2v) is 8.52. The lowest BCUT2D eigenvalue weighted by atomic mass is 9.96. The van der Waals surface area contributed by atoms with Gasteiger partial charge in [0.15, 0.2) is 0 Å². The van der Waals surface area contributed by atoms with Crippen molar-refractivity contribution in [1.82, 2.24) is 10.2 Å². The molecular formula is C25H31N5O. The maximum atomic E-state index is 12.5. The standard InChI is InChI=1S/C25H31N5O/c26-15-23(16-27)21-6-7-24-22(14-21)10-13-30(24)18-20-8-11-29(12-9-20)25(31)28-17-19-4-2-1-3-5-19/h1-7,14-16,20,23,26-27H,8-13,17-18H2,(H,28,31). The molecule has 2 aliphatic heterocycles. The van der Waals surface area contributed by atoms with E-state index in [2.05, 4.69) is 28.4 Å². The fourth-order valence-electron chi connectivity index (χ4n) is 4.64. The van der Waals surface area contributed by atoms with E-state index < -0.39 is 0 Å². The highest BCUT2D eigenvalue weighted by molar-refractivity contribution is 5.88. The number of urea groups is 1. The molecule has 31 heavy (non-hydrogen) atoms. The molecular weight excluding hydrogens is 386 g/mol. The Balaban J connectivity index is 1.27. The van der Waals surface area contributed by atoms with E-state index in [1.54, 1.807) is 0 Å². The van der Waals surface area contributed by atoms with Gasteiger partial charge in [-0.3, -0.25) is 0 Å². The van der Waals surface area contributed by atoms with E-state index in [9.17, 15) is 4.79 Å². The number of rotatable bonds is 7. The van der Waals surface area contributed by atoms with Gasteiger partial charge in [-0.25, -0.2) is 4.79 Å². The van der Waals surface area contributed by atoms with E-state index >= 15 is 0 Å². The van der Waals surface area contributed by atoms with Crippen LogP contribution < -0.4 is 10.2 Å².